The summed E-state index contributed by atoms with van der Waals surface area (Å²) in [6.07, 6.45) is 2.01. The molecule has 7 rings (SSSR count). The Bertz CT molecular complexity index is 2950. The number of aryl methyl sites for hydroxylation is 1. The molecule has 2 aliphatic heterocycles. The number of nitrogens with one attached hydrogen (secondary N) is 2. The van der Waals surface area contributed by atoms with Gasteiger partial charge in [0.25, 0.3) is 0 Å². The summed E-state index contributed by atoms with van der Waals surface area (Å²) in [5, 5.41) is 17.6. The zero-order valence-corrected chi connectivity index (χ0v) is 50.1. The Balaban J connectivity index is 0.713. The highest BCUT2D eigenvalue weighted by atomic mass is 35.5. The number of anilines is 1. The number of carbonyl (C=O) groups excluding carboxylic acids is 4. The van der Waals surface area contributed by atoms with Gasteiger partial charge in [0.2, 0.25) is 23.6 Å². The number of halogens is 1. The highest BCUT2D eigenvalue weighted by Crippen LogP contribution is 2.37. The van der Waals surface area contributed by atoms with Crippen molar-refractivity contribution in [2.45, 2.75) is 84.5 Å². The van der Waals surface area contributed by atoms with E-state index in [2.05, 4.69) is 31.6 Å². The monoisotopic (exact) mass is 1170 g/mol. The molecule has 0 radical (unpaired) electrons. The van der Waals surface area contributed by atoms with E-state index in [9.17, 15) is 28.8 Å². The van der Waals surface area contributed by atoms with Crippen molar-refractivity contribution in [2.24, 2.45) is 5.41 Å². The first-order valence-corrected chi connectivity index (χ1v) is 31.3. The molecular weight excluding hydrogens is 1100 g/mol. The summed E-state index contributed by atoms with van der Waals surface area (Å²) in [5.74, 6) is 0.187. The number of hydrogen-bond donors (Lipinski definition) is 3. The Kier molecular flexibility index (Phi) is 23.2. The van der Waals surface area contributed by atoms with Gasteiger partial charge in [0.05, 0.1) is 99.3 Å². The second-order valence-electron chi connectivity index (χ2n) is 21.7. The van der Waals surface area contributed by atoms with Crippen molar-refractivity contribution in [3.05, 3.63) is 117 Å². The minimum absolute atomic E-state index is 0.0128. The van der Waals surface area contributed by atoms with Gasteiger partial charge >= 0.3 is 0 Å². The lowest BCUT2D eigenvalue weighted by Gasteiger charge is -2.36. The highest BCUT2D eigenvalue weighted by molar-refractivity contribution is 7.70. The number of likely N-dealkylation sites (tertiary alicyclic amines) is 1. The fourth-order valence-electron chi connectivity index (χ4n) is 9.74. The molecule has 22 heteroatoms. The molecule has 4 amide bonds. The Morgan fingerprint density at radius 1 is 0.840 bits per heavy atom. The minimum atomic E-state index is -2.50. The molecule has 0 unspecified atom stereocenters. The zero-order valence-electron chi connectivity index (χ0n) is 47.6. The lowest BCUT2D eigenvalue weighted by molar-refractivity contribution is -0.144. The molecule has 438 valence electrons. The molecule has 0 saturated carbocycles. The molecule has 3 aromatic carbocycles. The standard InChI is InChI=1S/C59H78ClN8O11PS/c1-40-55(81-39-63-40)42-14-12-41(13-15-42)36-62-57(72)49-35-46(69)38-68(49)58(73)56(59(2,3)4)65-53(70)18-24-76-26-28-78-30-31-79-29-27-77-25-19-54(71)67-22-20-66(21-23-67)45-17-16-43(50(34-45)75-5)33-52-61-37-47(60)48(64-52)32-44-10-8-9-11-51(44)80(6,7)74/h8-17,34,37,39,46,49,56,69H,18-33,35-36,38H2,1-7H3,(H,62,72)(H,65,70)/t46-,49+,56-/m1/s1. The number of ether oxygens (including phenoxy) is 5. The van der Waals surface area contributed by atoms with Crippen LogP contribution in [0.5, 0.6) is 5.75 Å². The lowest BCUT2D eigenvalue weighted by atomic mass is 9.85. The zero-order chi connectivity index (χ0) is 58.1. The predicted molar refractivity (Wildman–Crippen MR) is 314 cm³/mol. The number of aromatic nitrogens is 3. The number of methoxy groups -OCH3 is 1. The Morgan fingerprint density at radius 2 is 1.49 bits per heavy atom. The molecule has 2 aromatic heterocycles. The van der Waals surface area contributed by atoms with Gasteiger partial charge in [0, 0.05) is 93.8 Å². The molecule has 2 fully saturated rings. The molecule has 4 heterocycles. The summed E-state index contributed by atoms with van der Waals surface area (Å²) < 4.78 is 41.3. The van der Waals surface area contributed by atoms with E-state index in [4.69, 9.17) is 40.3 Å². The van der Waals surface area contributed by atoms with Crippen LogP contribution in [0.2, 0.25) is 5.02 Å². The van der Waals surface area contributed by atoms with E-state index in [1.807, 2.05) is 98.8 Å². The second kappa shape index (κ2) is 29.9. The summed E-state index contributed by atoms with van der Waals surface area (Å²) in [6, 6.07) is 19.8. The van der Waals surface area contributed by atoms with Gasteiger partial charge in [-0.25, -0.2) is 15.0 Å². The Morgan fingerprint density at radius 3 is 2.12 bits per heavy atom. The smallest absolute Gasteiger partial charge is 0.246 e. The van der Waals surface area contributed by atoms with Crippen LogP contribution in [0.15, 0.2) is 78.4 Å². The number of hydrogen-bond acceptors (Lipinski definition) is 16. The van der Waals surface area contributed by atoms with Gasteiger partial charge in [-0.15, -0.1) is 11.3 Å². The highest BCUT2D eigenvalue weighted by Gasteiger charge is 2.44. The van der Waals surface area contributed by atoms with Gasteiger partial charge in [0.15, 0.2) is 0 Å². The molecular formula is C59H78ClN8O11PS. The van der Waals surface area contributed by atoms with E-state index in [0.29, 0.717) is 101 Å². The summed E-state index contributed by atoms with van der Waals surface area (Å²) >= 11 is 8.13. The predicted octanol–water partition coefficient (Wildman–Crippen LogP) is 6.30. The topological polar surface area (TPSA) is 224 Å². The Hall–Kier alpha value is -5.83. The number of thiazole rings is 1. The fourth-order valence-corrected chi connectivity index (χ4v) is 12.0. The van der Waals surface area contributed by atoms with Crippen molar-refractivity contribution in [3.8, 4) is 16.2 Å². The van der Waals surface area contributed by atoms with E-state index in [1.165, 1.54) is 4.90 Å². The van der Waals surface area contributed by atoms with Crippen molar-refractivity contribution in [1.82, 2.24) is 35.4 Å². The molecule has 0 aliphatic carbocycles. The number of aliphatic hydroxyl groups excluding tert-OH is 1. The third kappa shape index (κ3) is 18.3. The molecule has 81 heavy (non-hydrogen) atoms. The number of aliphatic hydroxyl groups is 1. The third-order valence-corrected chi connectivity index (χ3v) is 17.1. The quantitative estimate of drug-likeness (QED) is 0.0369. The number of nitrogens with zero attached hydrogens (tertiary/aromatic N) is 6. The summed E-state index contributed by atoms with van der Waals surface area (Å²) in [4.78, 5) is 73.7. The largest absolute Gasteiger partial charge is 0.496 e. The molecule has 3 atom stereocenters. The molecule has 3 N–H and O–H groups in total. The van der Waals surface area contributed by atoms with Gasteiger partial charge in [-0.1, -0.05) is 87.0 Å². The first kappa shape index (κ1) is 62.8. The number of carbonyl (C=O) groups is 4. The van der Waals surface area contributed by atoms with Crippen LogP contribution >= 0.6 is 30.1 Å². The molecule has 0 spiro atoms. The van der Waals surface area contributed by atoms with Crippen LogP contribution in [0.1, 0.15) is 73.9 Å². The summed E-state index contributed by atoms with van der Waals surface area (Å²) in [5.41, 5.74) is 7.56. The van der Waals surface area contributed by atoms with Gasteiger partial charge in [-0.05, 0) is 48.4 Å². The van der Waals surface area contributed by atoms with Crippen LogP contribution in [-0.2, 0) is 62.1 Å². The molecule has 2 aliphatic rings. The lowest BCUT2D eigenvalue weighted by Crippen LogP contribution is -2.57. The first-order valence-electron chi connectivity index (χ1n) is 27.5. The van der Waals surface area contributed by atoms with E-state index < -0.39 is 36.7 Å². The SMILES string of the molecule is COc1cc(N2CCN(C(=O)CCOCCOCCOCCOCCC(=O)N[C@H](C(=O)N3C[C@H](O)C[C@H]3C(=O)NCc3ccc(-c4scnc4C)cc3)C(C)(C)C)CC2)ccc1Cc1ncc(Cl)c(Cc2ccccc2P(C)(C)=O)n1. The summed E-state index contributed by atoms with van der Waals surface area (Å²) in [7, 11) is -0.858. The van der Waals surface area contributed by atoms with Crippen LogP contribution in [0.25, 0.3) is 10.4 Å². The van der Waals surface area contributed by atoms with Gasteiger partial charge in [-0.2, -0.15) is 0 Å². The van der Waals surface area contributed by atoms with Crippen LogP contribution in [0.3, 0.4) is 0 Å². The molecule has 0 bridgehead atoms. The normalized spacial score (nSPS) is 16.1. The van der Waals surface area contributed by atoms with Crippen LogP contribution in [0, 0.1) is 12.3 Å². The number of piperazine rings is 1. The van der Waals surface area contributed by atoms with E-state index in [-0.39, 0.29) is 63.3 Å². The molecule has 2 saturated heterocycles. The van der Waals surface area contributed by atoms with Crippen LogP contribution in [0.4, 0.5) is 5.69 Å². The molecule has 19 nitrogen and oxygen atoms in total. The van der Waals surface area contributed by atoms with Crippen molar-refractivity contribution >= 4 is 64.7 Å². The second-order valence-corrected chi connectivity index (χ2v) is 26.1. The minimum Gasteiger partial charge on any atom is -0.496 e. The van der Waals surface area contributed by atoms with Crippen molar-refractivity contribution in [2.75, 3.05) is 111 Å². The number of β-amino-alcohol motifs (C(OH)–C–C–N with tert-alkyl or cyclic N) is 1. The van der Waals surface area contributed by atoms with Crippen molar-refractivity contribution in [1.29, 1.82) is 0 Å². The average Bonchev–Trinajstić information content (AvgIpc) is 4.29. The van der Waals surface area contributed by atoms with Crippen molar-refractivity contribution in [3.63, 3.8) is 0 Å². The number of rotatable bonds is 28. The number of benzene rings is 3. The maximum absolute atomic E-state index is 14.0. The van der Waals surface area contributed by atoms with Crippen molar-refractivity contribution < 1.29 is 52.5 Å². The van der Waals surface area contributed by atoms with Gasteiger partial charge < -0.3 is 58.7 Å². The van der Waals surface area contributed by atoms with E-state index >= 15 is 0 Å². The third-order valence-electron chi connectivity index (χ3n) is 14.2. The van der Waals surface area contributed by atoms with Crippen LogP contribution in [-0.4, -0.2) is 178 Å². The van der Waals surface area contributed by atoms with Gasteiger partial charge in [-0.3, -0.25) is 19.2 Å². The number of amides is 4. The Labute approximate surface area is 484 Å². The maximum Gasteiger partial charge on any atom is 0.246 e. The maximum atomic E-state index is 14.0. The first-order chi connectivity index (χ1) is 38.8. The summed E-state index contributed by atoms with van der Waals surface area (Å²) in [6.45, 7) is 16.1. The molecule has 5 aromatic rings. The van der Waals surface area contributed by atoms with E-state index in [1.54, 1.807) is 38.0 Å². The van der Waals surface area contributed by atoms with Crippen LogP contribution < -0.4 is 25.6 Å². The van der Waals surface area contributed by atoms with Gasteiger partial charge in [0.1, 0.15) is 30.8 Å². The average molecular weight is 1170 g/mol. The van der Waals surface area contributed by atoms with E-state index in [0.717, 1.165) is 43.8 Å². The fraction of sp³-hybridized carbons (Fsp3) is 0.508.